The number of hydrogen-bond acceptors (Lipinski definition) is 4. The molecule has 0 heterocycles. The summed E-state index contributed by atoms with van der Waals surface area (Å²) < 4.78 is 9.96. The number of benzene rings is 1. The van der Waals surface area contributed by atoms with Crippen LogP contribution in [0.5, 0.6) is 11.5 Å². The lowest BCUT2D eigenvalue weighted by atomic mass is 10.1. The first-order valence-electron chi connectivity index (χ1n) is 4.36. The molecule has 1 aromatic carbocycles. The molecule has 0 aromatic heterocycles. The van der Waals surface area contributed by atoms with E-state index in [0.29, 0.717) is 5.75 Å². The van der Waals surface area contributed by atoms with Gasteiger partial charge in [0.15, 0.2) is 5.75 Å². The van der Waals surface area contributed by atoms with Gasteiger partial charge in [-0.1, -0.05) is 6.92 Å². The van der Waals surface area contributed by atoms with Gasteiger partial charge in [0.2, 0.25) is 0 Å². The largest absolute Gasteiger partial charge is 0.496 e. The van der Waals surface area contributed by atoms with E-state index in [9.17, 15) is 0 Å². The third kappa shape index (κ3) is 2.82. The topological polar surface area (TPSA) is 27.7 Å². The molecule has 0 N–H and O–H groups in total. The smallest absolute Gasteiger partial charge is 0.167 e. The van der Waals surface area contributed by atoms with Crippen molar-refractivity contribution in [3.63, 3.8) is 0 Å². The van der Waals surface area contributed by atoms with E-state index in [-0.39, 0.29) is 0 Å². The van der Waals surface area contributed by atoms with Crippen molar-refractivity contribution in [1.82, 2.24) is 0 Å². The van der Waals surface area contributed by atoms with E-state index in [0.717, 1.165) is 17.7 Å². The van der Waals surface area contributed by atoms with Crippen LogP contribution in [0.15, 0.2) is 18.2 Å². The van der Waals surface area contributed by atoms with Gasteiger partial charge in [-0.15, -0.1) is 4.33 Å². The van der Waals surface area contributed by atoms with Gasteiger partial charge in [0, 0.05) is 18.3 Å². The van der Waals surface area contributed by atoms with Crippen LogP contribution in [0.3, 0.4) is 0 Å². The summed E-state index contributed by atoms with van der Waals surface area (Å²) in [5.41, 5.74) is 1.11. The molecule has 0 saturated heterocycles. The fraction of sp³-hybridized carbons (Fsp3) is 0.400. The van der Waals surface area contributed by atoms with Crippen LogP contribution >= 0.6 is 12.0 Å². The number of methoxy groups -OCH3 is 1. The normalized spacial score (nSPS) is 9.93. The second kappa shape index (κ2) is 5.78. The molecule has 0 bridgehead atoms. The summed E-state index contributed by atoms with van der Waals surface area (Å²) in [6.07, 6.45) is 2.70. The van der Waals surface area contributed by atoms with Gasteiger partial charge in [0.25, 0.3) is 0 Å². The highest BCUT2D eigenvalue weighted by Crippen LogP contribution is 2.24. The molecule has 0 fully saturated rings. The van der Waals surface area contributed by atoms with E-state index in [1.165, 1.54) is 12.0 Å². The van der Waals surface area contributed by atoms with Crippen LogP contribution in [0.4, 0.5) is 0 Å². The van der Waals surface area contributed by atoms with Gasteiger partial charge in [-0.05, 0) is 30.2 Å². The quantitative estimate of drug-likeness (QED) is 0.428. The van der Waals surface area contributed by atoms with Crippen LogP contribution in [-0.2, 0) is 10.8 Å². The van der Waals surface area contributed by atoms with Gasteiger partial charge in [-0.25, -0.2) is 0 Å². The predicted octanol–water partition coefficient (Wildman–Crippen LogP) is 2.85. The number of ether oxygens (including phenoxy) is 1. The summed E-state index contributed by atoms with van der Waals surface area (Å²) in [6, 6.07) is 5.60. The van der Waals surface area contributed by atoms with E-state index >= 15 is 0 Å². The summed E-state index contributed by atoms with van der Waals surface area (Å²) >= 11 is 1.17. The van der Waals surface area contributed by atoms with E-state index in [2.05, 4.69) is 6.92 Å². The molecule has 0 aliphatic heterocycles. The Morgan fingerprint density at radius 3 is 2.71 bits per heavy atom. The van der Waals surface area contributed by atoms with Gasteiger partial charge >= 0.3 is 0 Å². The van der Waals surface area contributed by atoms with E-state index in [4.69, 9.17) is 14.0 Å². The molecular formula is C10H14O3S. The van der Waals surface area contributed by atoms with Gasteiger partial charge in [-0.2, -0.15) is 0 Å². The third-order valence-electron chi connectivity index (χ3n) is 1.83. The second-order valence-corrected chi connectivity index (χ2v) is 3.11. The molecule has 0 saturated carbocycles. The van der Waals surface area contributed by atoms with Crippen molar-refractivity contribution in [2.45, 2.75) is 13.3 Å². The summed E-state index contributed by atoms with van der Waals surface area (Å²) in [4.78, 5) is 5.00. The van der Waals surface area contributed by atoms with Crippen LogP contribution in [0.1, 0.15) is 12.5 Å². The maximum absolute atomic E-state index is 5.19. The lowest BCUT2D eigenvalue weighted by molar-refractivity contribution is -0.0771. The Kier molecular flexibility index (Phi) is 4.62. The van der Waals surface area contributed by atoms with Crippen LogP contribution in [0.25, 0.3) is 0 Å². The lowest BCUT2D eigenvalue weighted by Gasteiger charge is -2.08. The number of hydrogen-bond donors (Lipinski definition) is 0. The van der Waals surface area contributed by atoms with Gasteiger partial charge < -0.3 is 9.62 Å². The first-order valence-corrected chi connectivity index (χ1v) is 5.51. The predicted molar refractivity (Wildman–Crippen MR) is 57.6 cm³/mol. The van der Waals surface area contributed by atoms with Crippen molar-refractivity contribution in [3.05, 3.63) is 23.8 Å². The Morgan fingerprint density at radius 2 is 2.14 bits per heavy atom. The Morgan fingerprint density at radius 1 is 1.36 bits per heavy atom. The molecular weight excluding hydrogens is 200 g/mol. The van der Waals surface area contributed by atoms with Gasteiger partial charge in [0.05, 0.1) is 7.11 Å². The molecule has 0 unspecified atom stereocenters. The number of aryl methyl sites for hydroxylation is 1. The van der Waals surface area contributed by atoms with E-state index in [1.54, 1.807) is 13.4 Å². The van der Waals surface area contributed by atoms with Gasteiger partial charge in [-0.3, -0.25) is 0 Å². The summed E-state index contributed by atoms with van der Waals surface area (Å²) in [5.74, 6) is 1.57. The highest BCUT2D eigenvalue weighted by molar-refractivity contribution is 7.93. The molecule has 0 aliphatic rings. The molecule has 0 amide bonds. The molecule has 0 radical (unpaired) electrons. The average Bonchev–Trinajstić information content (AvgIpc) is 2.25. The molecule has 0 spiro atoms. The average molecular weight is 214 g/mol. The first kappa shape index (κ1) is 11.2. The minimum absolute atomic E-state index is 0.692. The highest BCUT2D eigenvalue weighted by Gasteiger charge is 2.03. The van der Waals surface area contributed by atoms with Crippen molar-refractivity contribution < 1.29 is 14.0 Å². The lowest BCUT2D eigenvalue weighted by Crippen LogP contribution is -1.93. The highest BCUT2D eigenvalue weighted by atomic mass is 32.2. The minimum Gasteiger partial charge on any atom is -0.496 e. The monoisotopic (exact) mass is 214 g/mol. The zero-order valence-corrected chi connectivity index (χ0v) is 9.39. The molecule has 0 aliphatic carbocycles. The number of rotatable bonds is 5. The Balaban J connectivity index is 2.79. The fourth-order valence-electron chi connectivity index (χ4n) is 1.16. The standard InChI is InChI=1S/C10H14O3S/c1-4-8-7-9(12-13-14-3)5-6-10(8)11-2/h5-7H,4H2,1-3H3. The summed E-state index contributed by atoms with van der Waals surface area (Å²) in [6.45, 7) is 2.07. The first-order chi connectivity index (χ1) is 6.81. The second-order valence-electron chi connectivity index (χ2n) is 2.65. The van der Waals surface area contributed by atoms with Crippen molar-refractivity contribution in [2.24, 2.45) is 0 Å². The molecule has 1 rings (SSSR count). The van der Waals surface area contributed by atoms with Crippen molar-refractivity contribution in [2.75, 3.05) is 13.4 Å². The SMILES string of the molecule is CCc1cc(OOSC)ccc1OC. The van der Waals surface area contributed by atoms with Crippen LogP contribution in [-0.4, -0.2) is 13.4 Å². The summed E-state index contributed by atoms with van der Waals surface area (Å²) in [5, 5.41) is 0. The fourth-order valence-corrected chi connectivity index (χ4v) is 1.30. The van der Waals surface area contributed by atoms with E-state index in [1.807, 2.05) is 18.2 Å². The van der Waals surface area contributed by atoms with Crippen LogP contribution in [0.2, 0.25) is 0 Å². The van der Waals surface area contributed by atoms with Crippen LogP contribution < -0.4 is 9.62 Å². The zero-order valence-electron chi connectivity index (χ0n) is 8.57. The molecule has 78 valence electrons. The minimum atomic E-state index is 0.692. The Bertz CT molecular complexity index is 289. The van der Waals surface area contributed by atoms with Crippen LogP contribution in [0, 0.1) is 0 Å². The molecule has 4 heteroatoms. The van der Waals surface area contributed by atoms with Crippen molar-refractivity contribution in [1.29, 1.82) is 0 Å². The van der Waals surface area contributed by atoms with Crippen molar-refractivity contribution >= 4 is 12.0 Å². The zero-order chi connectivity index (χ0) is 10.4. The maximum atomic E-state index is 5.19. The molecule has 14 heavy (non-hydrogen) atoms. The Labute approximate surface area is 88.5 Å². The molecule has 1 aromatic rings. The van der Waals surface area contributed by atoms with E-state index < -0.39 is 0 Å². The molecule has 0 atom stereocenters. The van der Waals surface area contributed by atoms with Gasteiger partial charge in [0.1, 0.15) is 5.75 Å². The molecule has 3 nitrogen and oxygen atoms in total. The third-order valence-corrected chi connectivity index (χ3v) is 2.04. The van der Waals surface area contributed by atoms with Crippen molar-refractivity contribution in [3.8, 4) is 11.5 Å². The summed E-state index contributed by atoms with van der Waals surface area (Å²) in [7, 11) is 1.66. The Hall–Kier alpha value is -0.870. The maximum Gasteiger partial charge on any atom is 0.167 e.